The number of rotatable bonds is 6. The van der Waals surface area contributed by atoms with E-state index in [0.29, 0.717) is 12.6 Å². The van der Waals surface area contributed by atoms with Crippen LogP contribution < -0.4 is 10.5 Å². The first-order valence-corrected chi connectivity index (χ1v) is 9.30. The molecule has 6 heteroatoms. The Hall–Kier alpha value is 0.250. The first-order chi connectivity index (χ1) is 9.29. The molecular formula is C13H20BrN3S2. The SMILES string of the molecule is NCCSc1ncc(SNC2CCCCC2)cc1Br. The van der Waals surface area contributed by atoms with Gasteiger partial charge in [0, 0.05) is 29.4 Å². The molecule has 1 aliphatic rings. The highest BCUT2D eigenvalue weighted by Crippen LogP contribution is 2.29. The van der Waals surface area contributed by atoms with E-state index >= 15 is 0 Å². The van der Waals surface area contributed by atoms with E-state index in [1.54, 1.807) is 23.7 Å². The van der Waals surface area contributed by atoms with Gasteiger partial charge in [-0.2, -0.15) is 0 Å². The average Bonchev–Trinajstić information content (AvgIpc) is 2.45. The number of aromatic nitrogens is 1. The van der Waals surface area contributed by atoms with Gasteiger partial charge in [-0.1, -0.05) is 19.3 Å². The standard InChI is InChI=1S/C13H20BrN3S2/c14-12-8-11(9-16-13(12)18-7-6-15)19-17-10-4-2-1-3-5-10/h8-10,17H,1-7,15H2. The summed E-state index contributed by atoms with van der Waals surface area (Å²) in [5, 5.41) is 1.02. The van der Waals surface area contributed by atoms with Crippen LogP contribution in [0.1, 0.15) is 32.1 Å². The minimum atomic E-state index is 0.656. The van der Waals surface area contributed by atoms with E-state index in [0.717, 1.165) is 20.1 Å². The molecule has 3 N–H and O–H groups in total. The maximum atomic E-state index is 5.51. The van der Waals surface area contributed by atoms with Crippen LogP contribution in [-0.2, 0) is 0 Å². The number of thioether (sulfide) groups is 1. The van der Waals surface area contributed by atoms with Crippen molar-refractivity contribution in [3.05, 3.63) is 16.7 Å². The highest BCUT2D eigenvalue weighted by molar-refractivity contribution is 9.10. The summed E-state index contributed by atoms with van der Waals surface area (Å²) in [5.41, 5.74) is 5.51. The zero-order chi connectivity index (χ0) is 13.5. The molecular weight excluding hydrogens is 342 g/mol. The van der Waals surface area contributed by atoms with Crippen molar-refractivity contribution < 1.29 is 0 Å². The van der Waals surface area contributed by atoms with E-state index in [1.165, 1.54) is 32.1 Å². The smallest absolute Gasteiger partial charge is 0.110 e. The van der Waals surface area contributed by atoms with E-state index in [4.69, 9.17) is 5.73 Å². The van der Waals surface area contributed by atoms with Gasteiger partial charge in [0.2, 0.25) is 0 Å². The third kappa shape index (κ3) is 5.27. The summed E-state index contributed by atoms with van der Waals surface area (Å²) in [6.45, 7) is 0.679. The van der Waals surface area contributed by atoms with Gasteiger partial charge in [0.15, 0.2) is 0 Å². The van der Waals surface area contributed by atoms with Crippen molar-refractivity contribution in [2.24, 2.45) is 5.73 Å². The molecule has 0 bridgehead atoms. The van der Waals surface area contributed by atoms with Crippen LogP contribution in [0.15, 0.2) is 26.7 Å². The van der Waals surface area contributed by atoms with Crippen LogP contribution in [0.2, 0.25) is 0 Å². The minimum Gasteiger partial charge on any atom is -0.330 e. The van der Waals surface area contributed by atoms with Crippen molar-refractivity contribution in [1.82, 2.24) is 9.71 Å². The maximum Gasteiger partial charge on any atom is 0.110 e. The monoisotopic (exact) mass is 361 g/mol. The Labute approximate surface area is 132 Å². The molecule has 19 heavy (non-hydrogen) atoms. The molecule has 0 atom stereocenters. The topological polar surface area (TPSA) is 50.9 Å². The van der Waals surface area contributed by atoms with Gasteiger partial charge in [-0.3, -0.25) is 4.72 Å². The lowest BCUT2D eigenvalue weighted by Gasteiger charge is -2.22. The first kappa shape index (κ1) is 15.6. The number of hydrogen-bond donors (Lipinski definition) is 2. The number of nitrogens with zero attached hydrogens (tertiary/aromatic N) is 1. The van der Waals surface area contributed by atoms with Gasteiger partial charge in [-0.05, 0) is 46.8 Å². The molecule has 106 valence electrons. The molecule has 2 rings (SSSR count). The normalized spacial score (nSPS) is 16.7. The van der Waals surface area contributed by atoms with Crippen LogP contribution in [0, 0.1) is 0 Å². The van der Waals surface area contributed by atoms with Crippen LogP contribution in [0.25, 0.3) is 0 Å². The molecule has 1 aromatic rings. The third-order valence-electron chi connectivity index (χ3n) is 3.09. The summed E-state index contributed by atoms with van der Waals surface area (Å²) in [6, 6.07) is 2.79. The lowest BCUT2D eigenvalue weighted by molar-refractivity contribution is 0.423. The van der Waals surface area contributed by atoms with Gasteiger partial charge in [-0.25, -0.2) is 4.98 Å². The van der Waals surface area contributed by atoms with E-state index < -0.39 is 0 Å². The molecule has 0 unspecified atom stereocenters. The summed E-state index contributed by atoms with van der Waals surface area (Å²) >= 11 is 6.96. The second-order valence-electron chi connectivity index (χ2n) is 4.65. The maximum absolute atomic E-state index is 5.51. The first-order valence-electron chi connectivity index (χ1n) is 6.70. The summed E-state index contributed by atoms with van der Waals surface area (Å²) in [6.07, 6.45) is 8.63. The van der Waals surface area contributed by atoms with Crippen molar-refractivity contribution in [3.8, 4) is 0 Å². The molecule has 0 spiro atoms. The van der Waals surface area contributed by atoms with Gasteiger partial charge in [-0.15, -0.1) is 11.8 Å². The fourth-order valence-electron chi connectivity index (χ4n) is 2.10. The lowest BCUT2D eigenvalue weighted by Crippen LogP contribution is -2.25. The second kappa shape index (κ2) is 8.52. The van der Waals surface area contributed by atoms with Crippen molar-refractivity contribution in [3.63, 3.8) is 0 Å². The summed E-state index contributed by atoms with van der Waals surface area (Å²) in [4.78, 5) is 5.64. The lowest BCUT2D eigenvalue weighted by atomic mass is 9.96. The number of nitrogens with two attached hydrogens (primary N) is 1. The van der Waals surface area contributed by atoms with Crippen molar-refractivity contribution >= 4 is 39.6 Å². The molecule has 1 heterocycles. The molecule has 3 nitrogen and oxygen atoms in total. The molecule has 0 aliphatic heterocycles. The minimum absolute atomic E-state index is 0.656. The van der Waals surface area contributed by atoms with Crippen molar-refractivity contribution in [1.29, 1.82) is 0 Å². The fourth-order valence-corrected chi connectivity index (χ4v) is 4.40. The number of pyridine rings is 1. The zero-order valence-electron chi connectivity index (χ0n) is 10.9. The van der Waals surface area contributed by atoms with Crippen LogP contribution in [-0.4, -0.2) is 23.3 Å². The predicted molar refractivity (Wildman–Crippen MR) is 87.6 cm³/mol. The highest BCUT2D eigenvalue weighted by atomic mass is 79.9. The van der Waals surface area contributed by atoms with E-state index in [1.807, 2.05) is 6.20 Å². The number of halogens is 1. The van der Waals surface area contributed by atoms with E-state index in [2.05, 4.69) is 31.7 Å². The van der Waals surface area contributed by atoms with Crippen LogP contribution in [0.3, 0.4) is 0 Å². The Kier molecular flexibility index (Phi) is 7.01. The molecule has 0 radical (unpaired) electrons. The molecule has 0 aromatic carbocycles. The Morgan fingerprint density at radius 1 is 1.37 bits per heavy atom. The molecule has 1 aromatic heterocycles. The predicted octanol–water partition coefficient (Wildman–Crippen LogP) is 3.82. The van der Waals surface area contributed by atoms with Crippen molar-refractivity contribution in [2.75, 3.05) is 12.3 Å². The van der Waals surface area contributed by atoms with Gasteiger partial charge in [0.25, 0.3) is 0 Å². The summed E-state index contributed by atoms with van der Waals surface area (Å²) < 4.78 is 4.61. The molecule has 0 amide bonds. The summed E-state index contributed by atoms with van der Waals surface area (Å²) in [5.74, 6) is 0.901. The van der Waals surface area contributed by atoms with Crippen LogP contribution in [0.5, 0.6) is 0 Å². The van der Waals surface area contributed by atoms with Gasteiger partial charge >= 0.3 is 0 Å². The Balaban J connectivity index is 1.84. The largest absolute Gasteiger partial charge is 0.330 e. The van der Waals surface area contributed by atoms with Gasteiger partial charge in [0.05, 0.1) is 4.47 Å². The number of hydrogen-bond acceptors (Lipinski definition) is 5. The van der Waals surface area contributed by atoms with Crippen molar-refractivity contribution in [2.45, 2.75) is 48.1 Å². The van der Waals surface area contributed by atoms with Crippen LogP contribution in [0.4, 0.5) is 0 Å². The molecule has 1 aliphatic carbocycles. The van der Waals surface area contributed by atoms with Gasteiger partial charge in [0.1, 0.15) is 5.03 Å². The third-order valence-corrected chi connectivity index (χ3v) is 5.90. The number of nitrogens with one attached hydrogen (secondary N) is 1. The summed E-state index contributed by atoms with van der Waals surface area (Å²) in [7, 11) is 0. The quantitative estimate of drug-likeness (QED) is 0.595. The van der Waals surface area contributed by atoms with E-state index in [9.17, 15) is 0 Å². The highest BCUT2D eigenvalue weighted by Gasteiger charge is 2.13. The van der Waals surface area contributed by atoms with Gasteiger partial charge < -0.3 is 5.73 Å². The Bertz CT molecular complexity index is 397. The molecule has 0 saturated heterocycles. The zero-order valence-corrected chi connectivity index (χ0v) is 14.1. The molecule has 1 saturated carbocycles. The Morgan fingerprint density at radius 2 is 2.16 bits per heavy atom. The molecule has 1 fully saturated rings. The Morgan fingerprint density at radius 3 is 2.84 bits per heavy atom. The van der Waals surface area contributed by atoms with E-state index in [-0.39, 0.29) is 0 Å². The fraction of sp³-hybridized carbons (Fsp3) is 0.615. The average molecular weight is 362 g/mol. The second-order valence-corrected chi connectivity index (χ2v) is 7.50. The van der Waals surface area contributed by atoms with Crippen LogP contribution >= 0.6 is 39.6 Å².